The Morgan fingerprint density at radius 1 is 1.33 bits per heavy atom. The van der Waals surface area contributed by atoms with Gasteiger partial charge in [-0.2, -0.15) is 0 Å². The van der Waals surface area contributed by atoms with Crippen LogP contribution in [0.1, 0.15) is 31.1 Å². The van der Waals surface area contributed by atoms with Crippen LogP contribution in [0.4, 0.5) is 0 Å². The van der Waals surface area contributed by atoms with Gasteiger partial charge < -0.3 is 4.98 Å². The van der Waals surface area contributed by atoms with E-state index in [0.29, 0.717) is 6.04 Å². The molecule has 0 saturated carbocycles. The minimum absolute atomic E-state index is 0.395. The summed E-state index contributed by atoms with van der Waals surface area (Å²) in [5.74, 6) is 0. The smallest absolute Gasteiger partial charge is 0.0687 e. The van der Waals surface area contributed by atoms with Crippen molar-refractivity contribution >= 4 is 10.9 Å². The second kappa shape index (κ2) is 4.29. The third kappa shape index (κ3) is 1.77. The predicted molar refractivity (Wildman–Crippen MR) is 76.8 cm³/mol. The van der Waals surface area contributed by atoms with Crippen LogP contribution in [0, 0.1) is 0 Å². The maximum absolute atomic E-state index is 3.62. The Kier molecular flexibility index (Phi) is 2.75. The average Bonchev–Trinajstić information content (AvgIpc) is 2.71. The van der Waals surface area contributed by atoms with E-state index >= 15 is 0 Å². The van der Waals surface area contributed by atoms with Gasteiger partial charge in [-0.3, -0.25) is 4.90 Å². The SMILES string of the molecule is CC(C)=C[C@@H]1c2[nH]c3ccccc3c2CCN1C. The summed E-state index contributed by atoms with van der Waals surface area (Å²) in [7, 11) is 2.21. The molecule has 0 fully saturated rings. The molecular weight excluding hydrogens is 220 g/mol. The molecule has 0 amide bonds. The molecule has 0 radical (unpaired) electrons. The normalized spacial score (nSPS) is 19.8. The Labute approximate surface area is 108 Å². The highest BCUT2D eigenvalue weighted by Crippen LogP contribution is 2.34. The molecule has 2 heteroatoms. The minimum atomic E-state index is 0.395. The van der Waals surface area contributed by atoms with Crippen LogP contribution in [0.25, 0.3) is 10.9 Å². The van der Waals surface area contributed by atoms with Gasteiger partial charge in [-0.1, -0.05) is 29.8 Å². The number of nitrogens with zero attached hydrogens (tertiary/aromatic N) is 1. The molecule has 2 aromatic rings. The van der Waals surface area contributed by atoms with Gasteiger partial charge in [0.15, 0.2) is 0 Å². The summed E-state index contributed by atoms with van der Waals surface area (Å²) in [4.78, 5) is 6.04. The lowest BCUT2D eigenvalue weighted by Crippen LogP contribution is -2.31. The molecule has 94 valence electrons. The molecule has 1 aromatic carbocycles. The van der Waals surface area contributed by atoms with Crippen molar-refractivity contribution in [1.82, 2.24) is 9.88 Å². The van der Waals surface area contributed by atoms with Crippen LogP contribution in [0.15, 0.2) is 35.9 Å². The van der Waals surface area contributed by atoms with E-state index < -0.39 is 0 Å². The van der Waals surface area contributed by atoms with Crippen LogP contribution in [-0.2, 0) is 6.42 Å². The average molecular weight is 240 g/mol. The lowest BCUT2D eigenvalue weighted by atomic mass is 9.96. The molecule has 1 aliphatic heterocycles. The van der Waals surface area contributed by atoms with E-state index in [1.807, 2.05) is 0 Å². The number of hydrogen-bond donors (Lipinski definition) is 1. The maximum Gasteiger partial charge on any atom is 0.0687 e. The first kappa shape index (κ1) is 11.5. The predicted octanol–water partition coefficient (Wildman–Crippen LogP) is 3.66. The number of H-pyrrole nitrogens is 1. The summed E-state index contributed by atoms with van der Waals surface area (Å²) in [5.41, 5.74) is 5.53. The molecule has 1 aliphatic rings. The molecule has 0 aliphatic carbocycles. The molecule has 0 bridgehead atoms. The van der Waals surface area contributed by atoms with Crippen LogP contribution >= 0.6 is 0 Å². The summed E-state index contributed by atoms with van der Waals surface area (Å²) >= 11 is 0. The van der Waals surface area contributed by atoms with Crippen molar-refractivity contribution in [1.29, 1.82) is 0 Å². The first-order chi connectivity index (χ1) is 8.66. The summed E-state index contributed by atoms with van der Waals surface area (Å²) in [5, 5.41) is 1.40. The van der Waals surface area contributed by atoms with Crippen LogP contribution in [-0.4, -0.2) is 23.5 Å². The quantitative estimate of drug-likeness (QED) is 0.754. The molecule has 0 saturated heterocycles. The third-order valence-electron chi connectivity index (χ3n) is 3.82. The Morgan fingerprint density at radius 2 is 2.11 bits per heavy atom. The van der Waals surface area contributed by atoms with Crippen molar-refractivity contribution in [3.05, 3.63) is 47.2 Å². The van der Waals surface area contributed by atoms with Crippen LogP contribution in [0.2, 0.25) is 0 Å². The van der Waals surface area contributed by atoms with E-state index in [2.05, 4.69) is 61.1 Å². The molecule has 1 aromatic heterocycles. The van der Waals surface area contributed by atoms with Crippen molar-refractivity contribution in [3.8, 4) is 0 Å². The number of nitrogens with one attached hydrogen (secondary N) is 1. The number of hydrogen-bond acceptors (Lipinski definition) is 1. The van der Waals surface area contributed by atoms with Crippen LogP contribution in [0.5, 0.6) is 0 Å². The Hall–Kier alpha value is -1.54. The molecule has 1 N–H and O–H groups in total. The van der Waals surface area contributed by atoms with Crippen molar-refractivity contribution in [2.75, 3.05) is 13.6 Å². The zero-order valence-electron chi connectivity index (χ0n) is 11.3. The standard InChI is InChI=1S/C16H20N2/c1-11(2)10-15-16-13(8-9-18(15)3)12-6-4-5-7-14(12)17-16/h4-7,10,15,17H,8-9H2,1-3H3/t15-/m1/s1. The van der Waals surface area contributed by atoms with Gasteiger partial charge in [-0.15, -0.1) is 0 Å². The van der Waals surface area contributed by atoms with E-state index in [4.69, 9.17) is 0 Å². The van der Waals surface area contributed by atoms with Gasteiger partial charge in [0.25, 0.3) is 0 Å². The molecule has 18 heavy (non-hydrogen) atoms. The van der Waals surface area contributed by atoms with E-state index in [9.17, 15) is 0 Å². The molecule has 2 nitrogen and oxygen atoms in total. The zero-order chi connectivity index (χ0) is 12.7. The molecule has 2 heterocycles. The highest BCUT2D eigenvalue weighted by molar-refractivity contribution is 5.85. The number of aromatic amines is 1. The fourth-order valence-corrected chi connectivity index (χ4v) is 2.92. The highest BCUT2D eigenvalue weighted by atomic mass is 15.1. The van der Waals surface area contributed by atoms with Gasteiger partial charge in [0, 0.05) is 23.1 Å². The van der Waals surface area contributed by atoms with Crippen molar-refractivity contribution < 1.29 is 0 Å². The lowest BCUT2D eigenvalue weighted by molar-refractivity contribution is 0.267. The second-order valence-electron chi connectivity index (χ2n) is 5.48. The van der Waals surface area contributed by atoms with E-state index in [-0.39, 0.29) is 0 Å². The number of rotatable bonds is 1. The first-order valence-corrected chi connectivity index (χ1v) is 6.61. The van der Waals surface area contributed by atoms with E-state index in [1.165, 1.54) is 27.7 Å². The number of aromatic nitrogens is 1. The number of likely N-dealkylation sites (N-methyl/N-ethyl adjacent to an activating group) is 1. The van der Waals surface area contributed by atoms with Crippen LogP contribution < -0.4 is 0 Å². The highest BCUT2D eigenvalue weighted by Gasteiger charge is 2.26. The van der Waals surface area contributed by atoms with Gasteiger partial charge in [0.2, 0.25) is 0 Å². The molecule has 0 unspecified atom stereocenters. The van der Waals surface area contributed by atoms with Crippen molar-refractivity contribution in [2.45, 2.75) is 26.3 Å². The van der Waals surface area contributed by atoms with E-state index in [0.717, 1.165) is 13.0 Å². The van der Waals surface area contributed by atoms with Gasteiger partial charge >= 0.3 is 0 Å². The third-order valence-corrected chi connectivity index (χ3v) is 3.82. The number of fused-ring (bicyclic) bond motifs is 3. The van der Waals surface area contributed by atoms with Gasteiger partial charge in [-0.25, -0.2) is 0 Å². The van der Waals surface area contributed by atoms with Gasteiger partial charge in [0.1, 0.15) is 0 Å². The Bertz CT molecular complexity index is 603. The topological polar surface area (TPSA) is 19.0 Å². The fourth-order valence-electron chi connectivity index (χ4n) is 2.92. The fraction of sp³-hybridized carbons (Fsp3) is 0.375. The molecule has 0 spiro atoms. The Morgan fingerprint density at radius 3 is 2.89 bits per heavy atom. The summed E-state index contributed by atoms with van der Waals surface area (Å²) in [6.07, 6.45) is 3.50. The van der Waals surface area contributed by atoms with E-state index in [1.54, 1.807) is 0 Å². The first-order valence-electron chi connectivity index (χ1n) is 6.61. The minimum Gasteiger partial charge on any atom is -0.357 e. The van der Waals surface area contributed by atoms with Crippen molar-refractivity contribution in [2.24, 2.45) is 0 Å². The maximum atomic E-state index is 3.62. The van der Waals surface area contributed by atoms with Crippen LogP contribution in [0.3, 0.4) is 0 Å². The number of benzene rings is 1. The monoisotopic (exact) mass is 240 g/mol. The largest absolute Gasteiger partial charge is 0.357 e. The zero-order valence-corrected chi connectivity index (χ0v) is 11.3. The van der Waals surface area contributed by atoms with Crippen molar-refractivity contribution in [3.63, 3.8) is 0 Å². The number of para-hydroxylation sites is 1. The summed E-state index contributed by atoms with van der Waals surface area (Å²) < 4.78 is 0. The molecular formula is C16H20N2. The summed E-state index contributed by atoms with van der Waals surface area (Å²) in [6, 6.07) is 9.03. The Balaban J connectivity index is 2.19. The lowest BCUT2D eigenvalue weighted by Gasteiger charge is -2.31. The van der Waals surface area contributed by atoms with Gasteiger partial charge in [-0.05, 0) is 38.9 Å². The molecule has 1 atom stereocenters. The second-order valence-corrected chi connectivity index (χ2v) is 5.48. The summed E-state index contributed by atoms with van der Waals surface area (Å²) in [6.45, 7) is 5.47. The number of allylic oxidation sites excluding steroid dienone is 1. The molecule has 3 rings (SSSR count). The van der Waals surface area contributed by atoms with Gasteiger partial charge in [0.05, 0.1) is 6.04 Å².